The number of piperidine rings is 1. The molecule has 2 aromatic rings. The van der Waals surface area contributed by atoms with Gasteiger partial charge in [0.15, 0.2) is 0 Å². The minimum atomic E-state index is -1.22. The lowest BCUT2D eigenvalue weighted by Crippen LogP contribution is -2.52. The topological polar surface area (TPSA) is 65.1 Å². The summed E-state index contributed by atoms with van der Waals surface area (Å²) in [6.07, 6.45) is 1.03. The summed E-state index contributed by atoms with van der Waals surface area (Å²) in [5.74, 6) is 0.490. The zero-order valence-corrected chi connectivity index (χ0v) is 18.4. The minimum Gasteiger partial charge on any atom is -0.497 e. The Kier molecular flexibility index (Phi) is 6.56. The van der Waals surface area contributed by atoms with E-state index < -0.39 is 11.4 Å². The van der Waals surface area contributed by atoms with Crippen LogP contribution in [0.1, 0.15) is 36.9 Å². The van der Waals surface area contributed by atoms with Crippen LogP contribution in [0, 0.1) is 5.41 Å². The van der Waals surface area contributed by atoms with Crippen molar-refractivity contribution in [3.63, 3.8) is 0 Å². The molecule has 0 radical (unpaired) electrons. The van der Waals surface area contributed by atoms with Crippen molar-refractivity contribution < 1.29 is 23.8 Å². The maximum Gasteiger partial charge on any atom is 0.321 e. The molecule has 6 nitrogen and oxygen atoms in total. The highest BCUT2D eigenvalue weighted by Gasteiger charge is 2.50. The van der Waals surface area contributed by atoms with Gasteiger partial charge in [-0.3, -0.25) is 9.59 Å². The van der Waals surface area contributed by atoms with E-state index in [9.17, 15) is 9.59 Å². The number of carbonyl (C=O) groups excluding carboxylic acids is 2. The van der Waals surface area contributed by atoms with Crippen LogP contribution in [0.3, 0.4) is 0 Å². The van der Waals surface area contributed by atoms with Gasteiger partial charge in [-0.05, 0) is 49.6 Å². The summed E-state index contributed by atoms with van der Waals surface area (Å²) < 4.78 is 15.7. The Labute approximate surface area is 181 Å². The summed E-state index contributed by atoms with van der Waals surface area (Å²) in [6, 6.07) is 12.7. The molecule has 0 aromatic heterocycles. The second-order valence-corrected chi connectivity index (χ2v) is 7.98. The Bertz CT molecular complexity index is 930. The Morgan fingerprint density at radius 1 is 1.13 bits per heavy atom. The van der Waals surface area contributed by atoms with Crippen molar-refractivity contribution in [2.75, 3.05) is 21.3 Å². The molecule has 2 atom stereocenters. The lowest BCUT2D eigenvalue weighted by Gasteiger charge is -2.43. The van der Waals surface area contributed by atoms with Gasteiger partial charge in [0.2, 0.25) is 5.91 Å². The molecule has 1 aliphatic rings. The van der Waals surface area contributed by atoms with Gasteiger partial charge in [0.25, 0.3) is 0 Å². The zero-order chi connectivity index (χ0) is 21.9. The first kappa shape index (κ1) is 22.0. The summed E-state index contributed by atoms with van der Waals surface area (Å²) in [6.45, 7) is 1.93. The van der Waals surface area contributed by atoms with E-state index in [0.717, 1.165) is 11.1 Å². The number of likely N-dealkylation sites (tertiary alicyclic amines) is 1. The number of ether oxygens (including phenoxy) is 3. The van der Waals surface area contributed by atoms with Crippen LogP contribution in [0.15, 0.2) is 42.5 Å². The van der Waals surface area contributed by atoms with Crippen molar-refractivity contribution in [3.05, 3.63) is 58.6 Å². The molecule has 0 saturated carbocycles. The number of hydrogen-bond acceptors (Lipinski definition) is 5. The van der Waals surface area contributed by atoms with Gasteiger partial charge >= 0.3 is 5.97 Å². The number of benzene rings is 2. The van der Waals surface area contributed by atoms with Crippen LogP contribution < -0.4 is 9.47 Å². The predicted molar refractivity (Wildman–Crippen MR) is 114 cm³/mol. The van der Waals surface area contributed by atoms with Gasteiger partial charge in [-0.15, -0.1) is 0 Å². The monoisotopic (exact) mass is 431 g/mol. The second-order valence-electron chi connectivity index (χ2n) is 7.54. The van der Waals surface area contributed by atoms with Crippen molar-refractivity contribution in [1.29, 1.82) is 0 Å². The largest absolute Gasteiger partial charge is 0.497 e. The second kappa shape index (κ2) is 8.96. The van der Waals surface area contributed by atoms with E-state index in [4.69, 9.17) is 25.8 Å². The van der Waals surface area contributed by atoms with Gasteiger partial charge in [0, 0.05) is 23.2 Å². The highest BCUT2D eigenvalue weighted by Crippen LogP contribution is 2.43. The predicted octanol–water partition coefficient (Wildman–Crippen LogP) is 4.40. The van der Waals surface area contributed by atoms with Gasteiger partial charge in [-0.1, -0.05) is 23.7 Å². The van der Waals surface area contributed by atoms with Crippen molar-refractivity contribution in [2.24, 2.45) is 5.41 Å². The average Bonchev–Trinajstić information content (AvgIpc) is 2.77. The van der Waals surface area contributed by atoms with Crippen LogP contribution in [0.4, 0.5) is 0 Å². The fourth-order valence-corrected chi connectivity index (χ4v) is 4.07. The standard InChI is InChI=1S/C23H26ClNO5/c1-23(22(27)30-4)12-11-19(15-5-8-17(24)9-6-15)25(21(23)26)14-16-7-10-18(28-2)13-20(16)29-3/h5-10,13,19H,11-12,14H2,1-4H3. The fourth-order valence-electron chi connectivity index (χ4n) is 3.94. The molecule has 2 aromatic carbocycles. The Morgan fingerprint density at radius 3 is 2.43 bits per heavy atom. The molecule has 7 heteroatoms. The highest BCUT2D eigenvalue weighted by atomic mass is 35.5. The van der Waals surface area contributed by atoms with E-state index in [-0.39, 0.29) is 18.5 Å². The maximum atomic E-state index is 13.6. The van der Waals surface area contributed by atoms with Gasteiger partial charge in [-0.25, -0.2) is 0 Å². The molecule has 0 bridgehead atoms. The number of rotatable bonds is 6. The first-order valence-corrected chi connectivity index (χ1v) is 10.1. The number of amides is 1. The van der Waals surface area contributed by atoms with Gasteiger partial charge in [-0.2, -0.15) is 0 Å². The molecule has 1 saturated heterocycles. The molecule has 0 N–H and O–H groups in total. The molecule has 1 heterocycles. The van der Waals surface area contributed by atoms with Crippen molar-refractivity contribution in [1.82, 2.24) is 4.90 Å². The summed E-state index contributed by atoms with van der Waals surface area (Å²) in [5, 5.41) is 0.628. The lowest BCUT2D eigenvalue weighted by molar-refractivity contribution is -0.168. The van der Waals surface area contributed by atoms with Crippen LogP contribution >= 0.6 is 11.6 Å². The summed E-state index contributed by atoms with van der Waals surface area (Å²) in [4.78, 5) is 27.8. The summed E-state index contributed by atoms with van der Waals surface area (Å²) in [5.41, 5.74) is 0.559. The smallest absolute Gasteiger partial charge is 0.321 e. The van der Waals surface area contributed by atoms with Crippen LogP contribution in [-0.4, -0.2) is 38.1 Å². The van der Waals surface area contributed by atoms with Crippen LogP contribution in [-0.2, 0) is 20.9 Å². The SMILES string of the molecule is COC(=O)C1(C)CCC(c2ccc(Cl)cc2)N(Cc2ccc(OC)cc2OC)C1=O. The molecule has 0 spiro atoms. The van der Waals surface area contributed by atoms with Crippen LogP contribution in [0.25, 0.3) is 0 Å². The Morgan fingerprint density at radius 2 is 1.83 bits per heavy atom. The normalized spacial score (nSPS) is 21.3. The molecule has 2 unspecified atom stereocenters. The third kappa shape index (κ3) is 4.10. The fraction of sp³-hybridized carbons (Fsp3) is 0.391. The third-order valence-electron chi connectivity index (χ3n) is 5.75. The van der Waals surface area contributed by atoms with Crippen molar-refractivity contribution >= 4 is 23.5 Å². The first-order valence-electron chi connectivity index (χ1n) is 9.70. The van der Waals surface area contributed by atoms with Gasteiger partial charge in [0.1, 0.15) is 16.9 Å². The Hall–Kier alpha value is -2.73. The quantitative estimate of drug-likeness (QED) is 0.501. The number of nitrogens with zero attached hydrogens (tertiary/aromatic N) is 1. The van der Waals surface area contributed by atoms with Crippen LogP contribution in [0.2, 0.25) is 5.02 Å². The molecule has 0 aliphatic carbocycles. The lowest BCUT2D eigenvalue weighted by atomic mass is 9.77. The highest BCUT2D eigenvalue weighted by molar-refractivity contribution is 6.30. The number of methoxy groups -OCH3 is 3. The zero-order valence-electron chi connectivity index (χ0n) is 17.6. The Balaban J connectivity index is 2.02. The van der Waals surface area contributed by atoms with Gasteiger partial charge in [0.05, 0.1) is 27.4 Å². The third-order valence-corrected chi connectivity index (χ3v) is 6.00. The first-order chi connectivity index (χ1) is 14.3. The number of hydrogen-bond donors (Lipinski definition) is 0. The molecule has 3 rings (SSSR count). The van der Waals surface area contributed by atoms with E-state index >= 15 is 0 Å². The molecule has 30 heavy (non-hydrogen) atoms. The van der Waals surface area contributed by atoms with Crippen molar-refractivity contribution in [2.45, 2.75) is 32.4 Å². The molecule has 1 aliphatic heterocycles. The van der Waals surface area contributed by atoms with E-state index in [1.165, 1.54) is 7.11 Å². The molecule has 160 valence electrons. The molecule has 1 fully saturated rings. The summed E-state index contributed by atoms with van der Waals surface area (Å²) in [7, 11) is 4.47. The molecular weight excluding hydrogens is 406 g/mol. The summed E-state index contributed by atoms with van der Waals surface area (Å²) >= 11 is 6.05. The van der Waals surface area contributed by atoms with Crippen molar-refractivity contribution in [3.8, 4) is 11.5 Å². The van der Waals surface area contributed by atoms with E-state index in [2.05, 4.69) is 0 Å². The van der Waals surface area contributed by atoms with E-state index in [1.54, 1.807) is 32.1 Å². The maximum absolute atomic E-state index is 13.6. The van der Waals surface area contributed by atoms with E-state index in [0.29, 0.717) is 29.4 Å². The molecular formula is C23H26ClNO5. The van der Waals surface area contributed by atoms with Crippen LogP contribution in [0.5, 0.6) is 11.5 Å². The van der Waals surface area contributed by atoms with E-state index in [1.807, 2.05) is 36.4 Å². The average molecular weight is 432 g/mol. The number of halogens is 1. The number of carbonyl (C=O) groups is 2. The minimum absolute atomic E-state index is 0.195. The molecule has 1 amide bonds. The number of esters is 1. The van der Waals surface area contributed by atoms with Gasteiger partial charge < -0.3 is 19.1 Å².